The summed E-state index contributed by atoms with van der Waals surface area (Å²) in [6.07, 6.45) is 0.406. The molecule has 1 nitrogen and oxygen atoms in total. The molecule has 0 unspecified atom stereocenters. The first-order valence-corrected chi connectivity index (χ1v) is 6.17. The van der Waals surface area contributed by atoms with E-state index in [0.29, 0.717) is 16.2 Å². The van der Waals surface area contributed by atoms with Crippen LogP contribution in [0.4, 0.5) is 8.78 Å². The van der Waals surface area contributed by atoms with E-state index in [9.17, 15) is 13.6 Å². The lowest BCUT2D eigenvalue weighted by atomic mass is 10.2. The van der Waals surface area contributed by atoms with Gasteiger partial charge in [0.05, 0.1) is 4.90 Å². The van der Waals surface area contributed by atoms with E-state index in [-0.39, 0.29) is 10.5 Å². The number of benzene rings is 2. The highest BCUT2D eigenvalue weighted by molar-refractivity contribution is 7.99. The van der Waals surface area contributed by atoms with E-state index in [0.717, 1.165) is 23.9 Å². The molecule has 0 aromatic heterocycles. The minimum Gasteiger partial charge on any atom is -0.298 e. The zero-order valence-corrected chi connectivity index (χ0v) is 10.6. The van der Waals surface area contributed by atoms with E-state index >= 15 is 0 Å². The van der Waals surface area contributed by atoms with Gasteiger partial charge in [-0.05, 0) is 36.4 Å². The van der Waals surface area contributed by atoms with Crippen molar-refractivity contribution < 1.29 is 13.6 Å². The third-order valence-electron chi connectivity index (χ3n) is 2.19. The lowest BCUT2D eigenvalue weighted by Gasteiger charge is -2.05. The van der Waals surface area contributed by atoms with E-state index in [4.69, 9.17) is 11.6 Å². The maximum atomic E-state index is 13.6. The van der Waals surface area contributed by atoms with E-state index < -0.39 is 11.6 Å². The van der Waals surface area contributed by atoms with Crippen LogP contribution in [-0.4, -0.2) is 6.29 Å². The van der Waals surface area contributed by atoms with Crippen LogP contribution in [0, 0.1) is 11.6 Å². The second-order valence-electron chi connectivity index (χ2n) is 3.49. The molecule has 0 saturated heterocycles. The van der Waals surface area contributed by atoms with Gasteiger partial charge in [-0.15, -0.1) is 0 Å². The number of halogens is 3. The molecule has 0 amide bonds. The molecule has 0 aliphatic heterocycles. The van der Waals surface area contributed by atoms with Crippen molar-refractivity contribution in [2.24, 2.45) is 0 Å². The summed E-state index contributed by atoms with van der Waals surface area (Å²) in [7, 11) is 0. The molecule has 0 atom stereocenters. The Morgan fingerprint density at radius 3 is 2.11 bits per heavy atom. The van der Waals surface area contributed by atoms with Crippen molar-refractivity contribution in [1.29, 1.82) is 0 Å². The van der Waals surface area contributed by atoms with Crippen LogP contribution in [0.25, 0.3) is 0 Å². The summed E-state index contributed by atoms with van der Waals surface area (Å²) in [6.45, 7) is 0. The summed E-state index contributed by atoms with van der Waals surface area (Å²) >= 11 is 6.66. The van der Waals surface area contributed by atoms with E-state index in [1.807, 2.05) is 0 Å². The third-order valence-corrected chi connectivity index (χ3v) is 3.54. The van der Waals surface area contributed by atoms with Crippen LogP contribution in [-0.2, 0) is 0 Å². The molecule has 0 saturated carbocycles. The van der Waals surface area contributed by atoms with Crippen LogP contribution >= 0.6 is 23.4 Å². The summed E-state index contributed by atoms with van der Waals surface area (Å²) in [6, 6.07) is 8.63. The number of carbonyl (C=O) groups excluding carboxylic acids is 1. The second-order valence-corrected chi connectivity index (χ2v) is 5.01. The van der Waals surface area contributed by atoms with Crippen molar-refractivity contribution in [2.45, 2.75) is 9.79 Å². The van der Waals surface area contributed by atoms with Crippen molar-refractivity contribution >= 4 is 29.6 Å². The molecular formula is C13H7ClF2OS. The molecule has 2 aromatic carbocycles. The maximum Gasteiger partial charge on any atom is 0.150 e. The Kier molecular flexibility index (Phi) is 3.99. The van der Waals surface area contributed by atoms with Gasteiger partial charge >= 0.3 is 0 Å². The van der Waals surface area contributed by atoms with E-state index in [1.165, 1.54) is 0 Å². The Labute approximate surface area is 112 Å². The molecule has 0 aliphatic rings. The van der Waals surface area contributed by atoms with Crippen molar-refractivity contribution in [3.05, 3.63) is 58.6 Å². The number of rotatable bonds is 3. The Balaban J connectivity index is 2.34. The van der Waals surface area contributed by atoms with E-state index in [1.54, 1.807) is 24.3 Å². The molecule has 0 heterocycles. The standard InChI is InChI=1S/C13H7ClF2OS/c14-9-1-3-10(4-2-9)18-13-11(15)5-8(7-17)6-12(13)16/h1-7H. The van der Waals surface area contributed by atoms with Crippen molar-refractivity contribution in [3.63, 3.8) is 0 Å². The predicted octanol–water partition coefficient (Wildman–Crippen LogP) is 4.58. The molecule has 0 bridgehead atoms. The van der Waals surface area contributed by atoms with Crippen LogP contribution in [0.2, 0.25) is 5.02 Å². The number of hydrogen-bond acceptors (Lipinski definition) is 2. The van der Waals surface area contributed by atoms with Crippen LogP contribution in [0.5, 0.6) is 0 Å². The zero-order valence-electron chi connectivity index (χ0n) is 8.99. The summed E-state index contributed by atoms with van der Waals surface area (Å²) in [5.41, 5.74) is -0.0227. The fourth-order valence-corrected chi connectivity index (χ4v) is 2.31. The molecule has 18 heavy (non-hydrogen) atoms. The molecule has 0 spiro atoms. The maximum absolute atomic E-state index is 13.6. The molecule has 0 radical (unpaired) electrons. The van der Waals surface area contributed by atoms with Gasteiger partial charge in [-0.3, -0.25) is 4.79 Å². The van der Waals surface area contributed by atoms with E-state index in [2.05, 4.69) is 0 Å². The molecule has 2 aromatic rings. The van der Waals surface area contributed by atoms with Crippen LogP contribution < -0.4 is 0 Å². The van der Waals surface area contributed by atoms with Gasteiger partial charge in [0.15, 0.2) is 0 Å². The van der Waals surface area contributed by atoms with Gasteiger partial charge in [-0.25, -0.2) is 8.78 Å². The Morgan fingerprint density at radius 1 is 1.06 bits per heavy atom. The van der Waals surface area contributed by atoms with Gasteiger partial charge < -0.3 is 0 Å². The van der Waals surface area contributed by atoms with Gasteiger partial charge in [-0.2, -0.15) is 0 Å². The first-order valence-electron chi connectivity index (χ1n) is 4.98. The first-order chi connectivity index (χ1) is 8.60. The van der Waals surface area contributed by atoms with Crippen LogP contribution in [0.15, 0.2) is 46.2 Å². The second kappa shape index (κ2) is 5.50. The van der Waals surface area contributed by atoms with Gasteiger partial charge in [0.1, 0.15) is 17.9 Å². The quantitative estimate of drug-likeness (QED) is 0.767. The Bertz CT molecular complexity index is 561. The average molecular weight is 285 g/mol. The van der Waals surface area contributed by atoms with Crippen molar-refractivity contribution in [3.8, 4) is 0 Å². The molecule has 0 N–H and O–H groups in total. The minimum atomic E-state index is -0.753. The molecule has 5 heteroatoms. The van der Waals surface area contributed by atoms with Crippen molar-refractivity contribution in [2.75, 3.05) is 0 Å². The first kappa shape index (κ1) is 13.1. The Hall–Kier alpha value is -1.39. The smallest absolute Gasteiger partial charge is 0.150 e. The highest BCUT2D eigenvalue weighted by Gasteiger charge is 2.12. The molecule has 92 valence electrons. The van der Waals surface area contributed by atoms with Gasteiger partial charge in [-0.1, -0.05) is 23.4 Å². The number of hydrogen-bond donors (Lipinski definition) is 0. The predicted molar refractivity (Wildman–Crippen MR) is 67.3 cm³/mol. The fourth-order valence-electron chi connectivity index (χ4n) is 1.37. The highest BCUT2D eigenvalue weighted by Crippen LogP contribution is 2.33. The van der Waals surface area contributed by atoms with Gasteiger partial charge in [0, 0.05) is 15.5 Å². The normalized spacial score (nSPS) is 10.4. The zero-order chi connectivity index (χ0) is 13.1. The monoisotopic (exact) mass is 284 g/mol. The molecule has 2 rings (SSSR count). The Morgan fingerprint density at radius 2 is 1.61 bits per heavy atom. The summed E-state index contributed by atoms with van der Waals surface area (Å²) < 4.78 is 27.2. The molecule has 0 fully saturated rings. The lowest BCUT2D eigenvalue weighted by Crippen LogP contribution is -1.91. The van der Waals surface area contributed by atoms with Crippen LogP contribution in [0.3, 0.4) is 0 Å². The summed E-state index contributed by atoms with van der Waals surface area (Å²) in [5, 5.41) is 0.552. The molecular weight excluding hydrogens is 278 g/mol. The summed E-state index contributed by atoms with van der Waals surface area (Å²) in [4.78, 5) is 11.0. The lowest BCUT2D eigenvalue weighted by molar-refractivity contribution is 0.112. The summed E-state index contributed by atoms with van der Waals surface area (Å²) in [5.74, 6) is -1.51. The largest absolute Gasteiger partial charge is 0.298 e. The topological polar surface area (TPSA) is 17.1 Å². The minimum absolute atomic E-state index is 0.0227. The van der Waals surface area contributed by atoms with Crippen LogP contribution in [0.1, 0.15) is 10.4 Å². The number of aldehydes is 1. The van der Waals surface area contributed by atoms with Gasteiger partial charge in [0.25, 0.3) is 0 Å². The SMILES string of the molecule is O=Cc1cc(F)c(Sc2ccc(Cl)cc2)c(F)c1. The highest BCUT2D eigenvalue weighted by atomic mass is 35.5. The molecule has 0 aliphatic carbocycles. The number of carbonyl (C=O) groups is 1. The fraction of sp³-hybridized carbons (Fsp3) is 0. The van der Waals surface area contributed by atoms with Gasteiger partial charge in [0.2, 0.25) is 0 Å². The average Bonchev–Trinajstić information content (AvgIpc) is 2.35. The van der Waals surface area contributed by atoms with Crippen molar-refractivity contribution in [1.82, 2.24) is 0 Å². The third kappa shape index (κ3) is 2.89.